The summed E-state index contributed by atoms with van der Waals surface area (Å²) in [5, 5.41) is 11.5. The fourth-order valence-corrected chi connectivity index (χ4v) is 1.12. The van der Waals surface area contributed by atoms with Crippen LogP contribution in [-0.2, 0) is 4.79 Å². The van der Waals surface area contributed by atoms with Crippen molar-refractivity contribution >= 4 is 11.6 Å². The minimum Gasteiger partial charge on any atom is -0.394 e. The third-order valence-corrected chi connectivity index (χ3v) is 1.86. The number of hydrogen-bond donors (Lipinski definition) is 3. The van der Waals surface area contributed by atoms with E-state index in [0.717, 1.165) is 11.3 Å². The van der Waals surface area contributed by atoms with Crippen molar-refractivity contribution in [3.05, 3.63) is 29.8 Å². The van der Waals surface area contributed by atoms with Crippen LogP contribution in [0.15, 0.2) is 24.3 Å². The molecule has 0 aromatic heterocycles. The summed E-state index contributed by atoms with van der Waals surface area (Å²) in [5.41, 5.74) is 7.19. The molecule has 0 aliphatic rings. The van der Waals surface area contributed by atoms with Crippen molar-refractivity contribution in [1.82, 2.24) is 0 Å². The summed E-state index contributed by atoms with van der Waals surface area (Å²) in [4.78, 5) is 10.7. The summed E-state index contributed by atoms with van der Waals surface area (Å²) in [6, 6.07) is 6.72. The van der Waals surface area contributed by atoms with Gasteiger partial charge in [-0.2, -0.15) is 0 Å². The largest absolute Gasteiger partial charge is 0.394 e. The Morgan fingerprint density at radius 2 is 2.07 bits per heavy atom. The van der Waals surface area contributed by atoms with E-state index in [1.165, 1.54) is 6.92 Å². The molecule has 1 amide bonds. The van der Waals surface area contributed by atoms with E-state index in [1.807, 2.05) is 0 Å². The highest BCUT2D eigenvalue weighted by Crippen LogP contribution is 2.13. The molecule has 0 bridgehead atoms. The number of rotatable bonds is 3. The van der Waals surface area contributed by atoms with Gasteiger partial charge in [0.15, 0.2) is 0 Å². The smallest absolute Gasteiger partial charge is 0.221 e. The van der Waals surface area contributed by atoms with Crippen LogP contribution in [-0.4, -0.2) is 17.6 Å². The van der Waals surface area contributed by atoms with Gasteiger partial charge in [-0.3, -0.25) is 4.79 Å². The number of carbonyl (C=O) groups is 1. The van der Waals surface area contributed by atoms with Gasteiger partial charge >= 0.3 is 0 Å². The Morgan fingerprint density at radius 3 is 2.50 bits per heavy atom. The number of aliphatic hydroxyl groups excluding tert-OH is 1. The van der Waals surface area contributed by atoms with Crippen LogP contribution < -0.4 is 11.1 Å². The highest BCUT2D eigenvalue weighted by molar-refractivity contribution is 5.88. The normalized spacial score (nSPS) is 12.2. The van der Waals surface area contributed by atoms with E-state index < -0.39 is 0 Å². The summed E-state index contributed by atoms with van der Waals surface area (Å²) in [5.74, 6) is -0.107. The monoisotopic (exact) mass is 194 g/mol. The SMILES string of the molecule is CC(=O)Nc1ccc(C(N)CO)cc1. The van der Waals surface area contributed by atoms with Crippen molar-refractivity contribution in [1.29, 1.82) is 0 Å². The molecular weight excluding hydrogens is 180 g/mol. The molecule has 4 heteroatoms. The lowest BCUT2D eigenvalue weighted by atomic mass is 10.1. The predicted molar refractivity (Wildman–Crippen MR) is 54.8 cm³/mol. The Hall–Kier alpha value is -1.39. The van der Waals surface area contributed by atoms with Crippen LogP contribution in [0.2, 0.25) is 0 Å². The molecule has 14 heavy (non-hydrogen) atoms. The van der Waals surface area contributed by atoms with Crippen LogP contribution in [0.25, 0.3) is 0 Å². The number of aliphatic hydroxyl groups is 1. The maximum atomic E-state index is 10.7. The molecule has 4 nitrogen and oxygen atoms in total. The van der Waals surface area contributed by atoms with Gasteiger partial charge in [-0.15, -0.1) is 0 Å². The maximum Gasteiger partial charge on any atom is 0.221 e. The average Bonchev–Trinajstić information content (AvgIpc) is 2.17. The molecule has 0 spiro atoms. The van der Waals surface area contributed by atoms with Crippen molar-refractivity contribution in [3.8, 4) is 0 Å². The molecule has 1 atom stereocenters. The van der Waals surface area contributed by atoms with Crippen molar-refractivity contribution < 1.29 is 9.90 Å². The van der Waals surface area contributed by atoms with Gasteiger partial charge in [-0.25, -0.2) is 0 Å². The van der Waals surface area contributed by atoms with E-state index in [2.05, 4.69) is 5.32 Å². The van der Waals surface area contributed by atoms with E-state index in [9.17, 15) is 4.79 Å². The third-order valence-electron chi connectivity index (χ3n) is 1.86. The molecule has 76 valence electrons. The highest BCUT2D eigenvalue weighted by atomic mass is 16.3. The van der Waals surface area contributed by atoms with E-state index in [1.54, 1.807) is 24.3 Å². The average molecular weight is 194 g/mol. The summed E-state index contributed by atoms with van der Waals surface area (Å²) in [6.07, 6.45) is 0. The first-order valence-electron chi connectivity index (χ1n) is 4.37. The molecule has 0 fully saturated rings. The van der Waals surface area contributed by atoms with Gasteiger partial charge < -0.3 is 16.2 Å². The molecular formula is C10H14N2O2. The van der Waals surface area contributed by atoms with Crippen LogP contribution in [0.5, 0.6) is 0 Å². The molecule has 0 radical (unpaired) electrons. The summed E-state index contributed by atoms with van der Waals surface area (Å²) >= 11 is 0. The van der Waals surface area contributed by atoms with Gasteiger partial charge in [0, 0.05) is 12.6 Å². The number of amides is 1. The second-order valence-electron chi connectivity index (χ2n) is 3.09. The number of nitrogens with two attached hydrogens (primary N) is 1. The molecule has 0 aliphatic heterocycles. The maximum absolute atomic E-state index is 10.7. The molecule has 1 aromatic rings. The molecule has 4 N–H and O–H groups in total. The lowest BCUT2D eigenvalue weighted by Gasteiger charge is -2.09. The van der Waals surface area contributed by atoms with Crippen molar-refractivity contribution in [2.45, 2.75) is 13.0 Å². The summed E-state index contributed by atoms with van der Waals surface area (Å²) in [7, 11) is 0. The lowest BCUT2D eigenvalue weighted by molar-refractivity contribution is -0.114. The summed E-state index contributed by atoms with van der Waals surface area (Å²) in [6.45, 7) is 1.37. The first kappa shape index (κ1) is 10.7. The molecule has 0 saturated heterocycles. The predicted octanol–water partition coefficient (Wildman–Crippen LogP) is 0.637. The first-order chi connectivity index (χ1) is 6.63. The number of benzene rings is 1. The number of anilines is 1. The molecule has 1 aromatic carbocycles. The zero-order chi connectivity index (χ0) is 10.6. The van der Waals surface area contributed by atoms with E-state index in [4.69, 9.17) is 10.8 Å². The zero-order valence-corrected chi connectivity index (χ0v) is 8.03. The number of hydrogen-bond acceptors (Lipinski definition) is 3. The Morgan fingerprint density at radius 1 is 1.50 bits per heavy atom. The van der Waals surface area contributed by atoms with Crippen LogP contribution in [0.4, 0.5) is 5.69 Å². The van der Waals surface area contributed by atoms with Gasteiger partial charge in [0.2, 0.25) is 5.91 Å². The molecule has 1 rings (SSSR count). The second kappa shape index (κ2) is 4.74. The van der Waals surface area contributed by atoms with E-state index in [-0.39, 0.29) is 18.6 Å². The topological polar surface area (TPSA) is 75.4 Å². The Bertz CT molecular complexity index is 308. The Balaban J connectivity index is 2.73. The molecule has 0 heterocycles. The zero-order valence-electron chi connectivity index (χ0n) is 8.03. The van der Waals surface area contributed by atoms with Gasteiger partial charge in [-0.1, -0.05) is 12.1 Å². The van der Waals surface area contributed by atoms with Crippen LogP contribution in [0.3, 0.4) is 0 Å². The molecule has 1 unspecified atom stereocenters. The minimum absolute atomic E-state index is 0.0838. The third kappa shape index (κ3) is 2.83. The van der Waals surface area contributed by atoms with Gasteiger partial charge in [0.05, 0.1) is 12.6 Å². The van der Waals surface area contributed by atoms with Crippen LogP contribution in [0.1, 0.15) is 18.5 Å². The quantitative estimate of drug-likeness (QED) is 0.660. The number of nitrogens with one attached hydrogen (secondary N) is 1. The second-order valence-corrected chi connectivity index (χ2v) is 3.09. The van der Waals surface area contributed by atoms with Gasteiger partial charge in [0.25, 0.3) is 0 Å². The van der Waals surface area contributed by atoms with Crippen molar-refractivity contribution in [2.75, 3.05) is 11.9 Å². The van der Waals surface area contributed by atoms with Crippen LogP contribution >= 0.6 is 0 Å². The fraction of sp³-hybridized carbons (Fsp3) is 0.300. The van der Waals surface area contributed by atoms with Crippen molar-refractivity contribution in [2.24, 2.45) is 5.73 Å². The summed E-state index contributed by atoms with van der Waals surface area (Å²) < 4.78 is 0. The fourth-order valence-electron chi connectivity index (χ4n) is 1.12. The van der Waals surface area contributed by atoms with Crippen LogP contribution in [0, 0.1) is 0 Å². The highest BCUT2D eigenvalue weighted by Gasteiger charge is 2.03. The Labute approximate surface area is 82.7 Å². The standard InChI is InChI=1S/C10H14N2O2/c1-7(14)12-9-4-2-8(3-5-9)10(11)6-13/h2-5,10,13H,6,11H2,1H3,(H,12,14). The van der Waals surface area contributed by atoms with E-state index >= 15 is 0 Å². The minimum atomic E-state index is -0.360. The van der Waals surface area contributed by atoms with Gasteiger partial charge in [0.1, 0.15) is 0 Å². The number of carbonyl (C=O) groups excluding carboxylic acids is 1. The molecule has 0 aliphatic carbocycles. The van der Waals surface area contributed by atoms with E-state index in [0.29, 0.717) is 0 Å². The Kier molecular flexibility index (Phi) is 3.62. The first-order valence-corrected chi connectivity index (χ1v) is 4.37. The van der Waals surface area contributed by atoms with Gasteiger partial charge in [-0.05, 0) is 17.7 Å². The lowest BCUT2D eigenvalue weighted by Crippen LogP contribution is -2.14. The molecule has 0 saturated carbocycles. The van der Waals surface area contributed by atoms with Crippen molar-refractivity contribution in [3.63, 3.8) is 0 Å².